The fourth-order valence-corrected chi connectivity index (χ4v) is 2.85. The molecule has 6 nitrogen and oxygen atoms in total. The number of aryl methyl sites for hydroxylation is 1. The van der Waals surface area contributed by atoms with E-state index in [0.717, 1.165) is 28.1 Å². The molecule has 0 saturated carbocycles. The average Bonchev–Trinajstić information content (AvgIpc) is 3.20. The maximum Gasteiger partial charge on any atom is 0.268 e. The van der Waals surface area contributed by atoms with E-state index < -0.39 is 0 Å². The van der Waals surface area contributed by atoms with Gasteiger partial charge in [-0.2, -0.15) is 0 Å². The van der Waals surface area contributed by atoms with E-state index in [0.29, 0.717) is 24.1 Å². The molecule has 0 spiro atoms. The van der Waals surface area contributed by atoms with Crippen molar-refractivity contribution < 1.29 is 9.15 Å². The molecule has 0 N–H and O–H groups in total. The Labute approximate surface area is 156 Å². The molecule has 27 heavy (non-hydrogen) atoms. The molecule has 4 aromatic rings. The number of ether oxygens (including phenoxy) is 1. The van der Waals surface area contributed by atoms with Gasteiger partial charge in [0.15, 0.2) is 0 Å². The summed E-state index contributed by atoms with van der Waals surface area (Å²) in [4.78, 5) is 9.23. The normalized spacial score (nSPS) is 10.9. The Morgan fingerprint density at radius 2 is 1.67 bits per heavy atom. The van der Waals surface area contributed by atoms with Crippen LogP contribution in [0.3, 0.4) is 0 Å². The van der Waals surface area contributed by atoms with Crippen LogP contribution < -0.4 is 0 Å². The van der Waals surface area contributed by atoms with E-state index in [-0.39, 0.29) is 0 Å². The summed E-state index contributed by atoms with van der Waals surface area (Å²) in [6.45, 7) is 2.37. The second-order valence-corrected chi connectivity index (χ2v) is 6.06. The molecule has 2 heterocycles. The minimum absolute atomic E-state index is 0.352. The van der Waals surface area contributed by atoms with Gasteiger partial charge in [0, 0.05) is 18.2 Å². The van der Waals surface area contributed by atoms with Crippen molar-refractivity contribution in [2.45, 2.75) is 13.5 Å². The zero-order chi connectivity index (χ0) is 18.6. The molecule has 0 fully saturated rings. The smallest absolute Gasteiger partial charge is 0.268 e. The topological polar surface area (TPSA) is 73.9 Å². The molecule has 4 rings (SSSR count). The molecule has 134 valence electrons. The van der Waals surface area contributed by atoms with Crippen molar-refractivity contribution in [3.8, 4) is 34.3 Å². The number of methoxy groups -OCH3 is 1. The first-order chi connectivity index (χ1) is 13.3. The minimum Gasteiger partial charge on any atom is -0.415 e. The first-order valence-electron chi connectivity index (χ1n) is 8.56. The van der Waals surface area contributed by atoms with Gasteiger partial charge in [-0.1, -0.05) is 42.5 Å². The van der Waals surface area contributed by atoms with Gasteiger partial charge in [-0.15, -0.1) is 10.2 Å². The van der Waals surface area contributed by atoms with Gasteiger partial charge in [-0.25, -0.2) is 4.98 Å². The monoisotopic (exact) mass is 358 g/mol. The van der Waals surface area contributed by atoms with Gasteiger partial charge in [-0.3, -0.25) is 4.98 Å². The minimum atomic E-state index is 0.352. The number of hydrogen-bond acceptors (Lipinski definition) is 6. The van der Waals surface area contributed by atoms with Crippen molar-refractivity contribution in [2.24, 2.45) is 0 Å². The lowest BCUT2D eigenvalue weighted by molar-refractivity contribution is 0.185. The van der Waals surface area contributed by atoms with Crippen molar-refractivity contribution in [1.29, 1.82) is 0 Å². The standard InChI is InChI=1S/C21H18N4O2/c1-14-19(21-25-24-20(27-21)15-8-4-3-5-9-15)23-18(12-22-14)17-11-7-6-10-16(17)13-26-2/h3-12H,13H2,1-2H3. The summed E-state index contributed by atoms with van der Waals surface area (Å²) in [6.07, 6.45) is 1.75. The molecular weight excluding hydrogens is 340 g/mol. The molecule has 0 amide bonds. The zero-order valence-corrected chi connectivity index (χ0v) is 15.1. The zero-order valence-electron chi connectivity index (χ0n) is 15.1. The third-order valence-corrected chi connectivity index (χ3v) is 4.20. The lowest BCUT2D eigenvalue weighted by atomic mass is 10.1. The number of benzene rings is 2. The van der Waals surface area contributed by atoms with E-state index in [2.05, 4.69) is 15.2 Å². The summed E-state index contributed by atoms with van der Waals surface area (Å²) in [7, 11) is 1.67. The number of aromatic nitrogens is 4. The van der Waals surface area contributed by atoms with Crippen LogP contribution in [0.4, 0.5) is 0 Å². The third-order valence-electron chi connectivity index (χ3n) is 4.20. The molecule has 0 atom stereocenters. The lowest BCUT2D eigenvalue weighted by Gasteiger charge is -2.09. The van der Waals surface area contributed by atoms with Crippen LogP contribution in [0.2, 0.25) is 0 Å². The van der Waals surface area contributed by atoms with Gasteiger partial charge in [-0.05, 0) is 24.6 Å². The average molecular weight is 358 g/mol. The van der Waals surface area contributed by atoms with E-state index in [1.54, 1.807) is 13.3 Å². The molecule has 0 bridgehead atoms. The highest BCUT2D eigenvalue weighted by atomic mass is 16.5. The second kappa shape index (κ2) is 7.47. The van der Waals surface area contributed by atoms with Gasteiger partial charge < -0.3 is 9.15 Å². The van der Waals surface area contributed by atoms with Crippen LogP contribution in [-0.2, 0) is 11.3 Å². The highest BCUT2D eigenvalue weighted by Crippen LogP contribution is 2.28. The van der Waals surface area contributed by atoms with Crippen LogP contribution in [0.25, 0.3) is 34.3 Å². The lowest BCUT2D eigenvalue weighted by Crippen LogP contribution is -1.98. The number of hydrogen-bond donors (Lipinski definition) is 0. The number of rotatable bonds is 5. The first-order valence-corrected chi connectivity index (χ1v) is 8.56. The fourth-order valence-electron chi connectivity index (χ4n) is 2.85. The van der Waals surface area contributed by atoms with E-state index in [9.17, 15) is 0 Å². The SMILES string of the molecule is COCc1ccccc1-c1cnc(C)c(-c2nnc(-c3ccccc3)o2)n1. The highest BCUT2D eigenvalue weighted by molar-refractivity contribution is 5.66. The maximum absolute atomic E-state index is 5.86. The molecular formula is C21H18N4O2. The Bertz CT molecular complexity index is 1060. The Morgan fingerprint density at radius 1 is 0.926 bits per heavy atom. The molecule has 0 unspecified atom stereocenters. The summed E-state index contributed by atoms with van der Waals surface area (Å²) in [5.41, 5.74) is 4.92. The van der Waals surface area contributed by atoms with E-state index >= 15 is 0 Å². The Morgan fingerprint density at radius 3 is 2.48 bits per heavy atom. The van der Waals surface area contributed by atoms with Gasteiger partial charge in [0.1, 0.15) is 5.69 Å². The van der Waals surface area contributed by atoms with Gasteiger partial charge in [0.05, 0.1) is 24.2 Å². The fraction of sp³-hybridized carbons (Fsp3) is 0.143. The van der Waals surface area contributed by atoms with Crippen LogP contribution in [0.1, 0.15) is 11.3 Å². The molecule has 0 radical (unpaired) electrons. The van der Waals surface area contributed by atoms with Gasteiger partial charge in [0.25, 0.3) is 5.89 Å². The predicted molar refractivity (Wildman–Crippen MR) is 102 cm³/mol. The first kappa shape index (κ1) is 17.1. The molecule has 2 aromatic heterocycles. The highest BCUT2D eigenvalue weighted by Gasteiger charge is 2.17. The molecule has 0 aliphatic carbocycles. The van der Waals surface area contributed by atoms with E-state index in [4.69, 9.17) is 14.1 Å². The van der Waals surface area contributed by atoms with Crippen molar-refractivity contribution in [2.75, 3.05) is 7.11 Å². The van der Waals surface area contributed by atoms with Crippen molar-refractivity contribution in [3.05, 3.63) is 72.1 Å². The van der Waals surface area contributed by atoms with E-state index in [1.165, 1.54) is 0 Å². The summed E-state index contributed by atoms with van der Waals surface area (Å²) in [5.74, 6) is 0.807. The Kier molecular flexibility index (Phi) is 4.72. The van der Waals surface area contributed by atoms with Gasteiger partial charge in [0.2, 0.25) is 5.89 Å². The summed E-state index contributed by atoms with van der Waals surface area (Å²) in [6, 6.07) is 17.6. The van der Waals surface area contributed by atoms with Crippen LogP contribution in [0.5, 0.6) is 0 Å². The maximum atomic E-state index is 5.86. The summed E-state index contributed by atoms with van der Waals surface area (Å²) >= 11 is 0. The van der Waals surface area contributed by atoms with Gasteiger partial charge >= 0.3 is 0 Å². The summed E-state index contributed by atoms with van der Waals surface area (Å²) in [5, 5.41) is 8.32. The third kappa shape index (κ3) is 3.47. The van der Waals surface area contributed by atoms with Crippen molar-refractivity contribution >= 4 is 0 Å². The second-order valence-electron chi connectivity index (χ2n) is 6.06. The summed E-state index contributed by atoms with van der Waals surface area (Å²) < 4.78 is 11.1. The van der Waals surface area contributed by atoms with Crippen LogP contribution in [0.15, 0.2) is 65.2 Å². The molecule has 0 aliphatic heterocycles. The molecule has 0 aliphatic rings. The predicted octanol–water partition coefficient (Wildman–Crippen LogP) is 4.32. The van der Waals surface area contributed by atoms with Crippen molar-refractivity contribution in [3.63, 3.8) is 0 Å². The van der Waals surface area contributed by atoms with E-state index in [1.807, 2.05) is 61.5 Å². The molecule has 6 heteroatoms. The molecule has 2 aromatic carbocycles. The molecule has 0 saturated heterocycles. The largest absolute Gasteiger partial charge is 0.415 e. The number of nitrogens with zero attached hydrogens (tertiary/aromatic N) is 4. The Balaban J connectivity index is 1.75. The van der Waals surface area contributed by atoms with Crippen LogP contribution in [-0.4, -0.2) is 27.3 Å². The van der Waals surface area contributed by atoms with Crippen LogP contribution in [0, 0.1) is 6.92 Å². The van der Waals surface area contributed by atoms with Crippen LogP contribution >= 0.6 is 0 Å². The Hall–Kier alpha value is -3.38. The quantitative estimate of drug-likeness (QED) is 0.529. The van der Waals surface area contributed by atoms with Crippen molar-refractivity contribution in [1.82, 2.24) is 20.2 Å².